The lowest BCUT2D eigenvalue weighted by Crippen LogP contribution is -2.47. The Kier molecular flexibility index (Phi) is 2.27. The van der Waals surface area contributed by atoms with Crippen molar-refractivity contribution in [3.63, 3.8) is 0 Å². The zero-order valence-corrected chi connectivity index (χ0v) is 9.54. The summed E-state index contributed by atoms with van der Waals surface area (Å²) in [5.74, 6) is -0.178. The standard InChI is InChI=1S/C11H14N3O2/c1-8-10(15)13(11(16)14(8,2)3)9-5-4-6-12-7-9/h4-8H,1-3H3/q+1. The van der Waals surface area contributed by atoms with Gasteiger partial charge < -0.3 is 0 Å². The molecular weight excluding hydrogens is 206 g/mol. The maximum Gasteiger partial charge on any atom is 0.430 e. The van der Waals surface area contributed by atoms with E-state index >= 15 is 0 Å². The number of urea groups is 1. The van der Waals surface area contributed by atoms with Gasteiger partial charge in [-0.05, 0) is 19.1 Å². The predicted molar refractivity (Wildman–Crippen MR) is 58.7 cm³/mol. The number of carbonyl (C=O) groups excluding carboxylic acids is 2. The van der Waals surface area contributed by atoms with Crippen LogP contribution in [-0.4, -0.2) is 41.5 Å². The Hall–Kier alpha value is -1.75. The quantitative estimate of drug-likeness (QED) is 0.524. The summed E-state index contributed by atoms with van der Waals surface area (Å²) in [6, 6.07) is 2.85. The van der Waals surface area contributed by atoms with Crippen LogP contribution in [0.1, 0.15) is 6.92 Å². The van der Waals surface area contributed by atoms with Crippen LogP contribution < -0.4 is 4.90 Å². The second kappa shape index (κ2) is 3.38. The van der Waals surface area contributed by atoms with Crippen molar-refractivity contribution in [2.45, 2.75) is 13.0 Å². The summed E-state index contributed by atoms with van der Waals surface area (Å²) in [5.41, 5.74) is 0.535. The van der Waals surface area contributed by atoms with Crippen LogP contribution in [0.25, 0.3) is 0 Å². The molecule has 1 unspecified atom stereocenters. The summed E-state index contributed by atoms with van der Waals surface area (Å²) < 4.78 is 0.0493. The van der Waals surface area contributed by atoms with Crippen LogP contribution in [0.4, 0.5) is 10.5 Å². The molecule has 3 amide bonds. The van der Waals surface area contributed by atoms with Crippen LogP contribution in [-0.2, 0) is 4.79 Å². The number of anilines is 1. The number of rotatable bonds is 1. The van der Waals surface area contributed by atoms with Gasteiger partial charge in [0.2, 0.25) is 0 Å². The van der Waals surface area contributed by atoms with Crippen LogP contribution in [0.5, 0.6) is 0 Å². The molecule has 1 aliphatic rings. The summed E-state index contributed by atoms with van der Waals surface area (Å²) in [6.45, 7) is 1.76. The first-order chi connectivity index (χ1) is 7.46. The molecule has 0 bridgehead atoms. The fourth-order valence-corrected chi connectivity index (χ4v) is 1.70. The van der Waals surface area contributed by atoms with Gasteiger partial charge in [0.25, 0.3) is 5.91 Å². The molecule has 0 aromatic carbocycles. The summed E-state index contributed by atoms with van der Waals surface area (Å²) in [7, 11) is 3.47. The number of nitrogens with zero attached hydrogens (tertiary/aromatic N) is 3. The number of hydrogen-bond acceptors (Lipinski definition) is 3. The highest BCUT2D eigenvalue weighted by molar-refractivity contribution is 6.17. The Balaban J connectivity index is 2.45. The van der Waals surface area contributed by atoms with Crippen molar-refractivity contribution >= 4 is 17.6 Å². The van der Waals surface area contributed by atoms with E-state index in [-0.39, 0.29) is 22.5 Å². The molecule has 2 heterocycles. The molecule has 1 fully saturated rings. The topological polar surface area (TPSA) is 50.3 Å². The first kappa shape index (κ1) is 10.8. The van der Waals surface area contributed by atoms with E-state index in [4.69, 9.17) is 0 Å². The van der Waals surface area contributed by atoms with E-state index < -0.39 is 0 Å². The molecule has 84 valence electrons. The second-order valence-corrected chi connectivity index (χ2v) is 4.38. The number of quaternary nitrogens is 1. The van der Waals surface area contributed by atoms with Gasteiger partial charge in [0.05, 0.1) is 26.0 Å². The normalized spacial score (nSPS) is 23.9. The smallest absolute Gasteiger partial charge is 0.267 e. The lowest BCUT2D eigenvalue weighted by atomic mass is 10.3. The van der Waals surface area contributed by atoms with Crippen molar-refractivity contribution in [1.82, 2.24) is 4.98 Å². The van der Waals surface area contributed by atoms with E-state index in [1.54, 1.807) is 39.3 Å². The average Bonchev–Trinajstić information content (AvgIpc) is 2.42. The molecule has 16 heavy (non-hydrogen) atoms. The Morgan fingerprint density at radius 2 is 2.06 bits per heavy atom. The van der Waals surface area contributed by atoms with Gasteiger partial charge in [0.1, 0.15) is 0 Å². The monoisotopic (exact) mass is 220 g/mol. The van der Waals surface area contributed by atoms with Crippen molar-refractivity contribution in [2.24, 2.45) is 0 Å². The van der Waals surface area contributed by atoms with Gasteiger partial charge >= 0.3 is 6.03 Å². The fraction of sp³-hybridized carbons (Fsp3) is 0.364. The third-order valence-corrected chi connectivity index (χ3v) is 3.13. The van der Waals surface area contributed by atoms with E-state index in [0.29, 0.717) is 5.69 Å². The zero-order chi connectivity index (χ0) is 11.9. The molecule has 0 radical (unpaired) electrons. The summed E-state index contributed by atoms with van der Waals surface area (Å²) >= 11 is 0. The van der Waals surface area contributed by atoms with Crippen LogP contribution in [0.2, 0.25) is 0 Å². The van der Waals surface area contributed by atoms with Crippen molar-refractivity contribution in [2.75, 3.05) is 19.0 Å². The molecule has 5 heteroatoms. The first-order valence-corrected chi connectivity index (χ1v) is 5.08. The number of aromatic nitrogens is 1. The van der Waals surface area contributed by atoms with Gasteiger partial charge in [0, 0.05) is 6.20 Å². The predicted octanol–water partition coefficient (Wildman–Crippen LogP) is 1.01. The molecule has 0 N–H and O–H groups in total. The van der Waals surface area contributed by atoms with Gasteiger partial charge in [-0.25, -0.2) is 9.28 Å². The van der Waals surface area contributed by atoms with Gasteiger partial charge in [-0.2, -0.15) is 4.90 Å². The Morgan fingerprint density at radius 3 is 2.50 bits per heavy atom. The molecule has 1 atom stereocenters. The van der Waals surface area contributed by atoms with Gasteiger partial charge in [-0.15, -0.1) is 0 Å². The number of carbonyl (C=O) groups is 2. The van der Waals surface area contributed by atoms with Crippen LogP contribution >= 0.6 is 0 Å². The summed E-state index contributed by atoms with van der Waals surface area (Å²) in [6.07, 6.45) is 3.13. The van der Waals surface area contributed by atoms with E-state index in [9.17, 15) is 9.59 Å². The highest BCUT2D eigenvalue weighted by Gasteiger charge is 2.53. The molecule has 0 saturated carbocycles. The summed E-state index contributed by atoms with van der Waals surface area (Å²) in [5, 5.41) is 0. The SMILES string of the molecule is CC1C(=O)N(c2cccnc2)C(=O)[N+]1(C)C. The highest BCUT2D eigenvalue weighted by atomic mass is 16.2. The fourth-order valence-electron chi connectivity index (χ4n) is 1.70. The van der Waals surface area contributed by atoms with E-state index in [1.807, 2.05) is 0 Å². The van der Waals surface area contributed by atoms with Crippen molar-refractivity contribution in [3.05, 3.63) is 24.5 Å². The van der Waals surface area contributed by atoms with E-state index in [1.165, 1.54) is 11.1 Å². The lowest BCUT2D eigenvalue weighted by Gasteiger charge is -2.22. The summed E-state index contributed by atoms with van der Waals surface area (Å²) in [4.78, 5) is 29.2. The van der Waals surface area contributed by atoms with Crippen LogP contribution in [0, 0.1) is 0 Å². The van der Waals surface area contributed by atoms with E-state index in [0.717, 1.165) is 0 Å². The van der Waals surface area contributed by atoms with Gasteiger partial charge in [0.15, 0.2) is 6.04 Å². The molecule has 2 rings (SSSR count). The maximum atomic E-state index is 12.1. The van der Waals surface area contributed by atoms with Gasteiger partial charge in [-0.1, -0.05) is 0 Å². The first-order valence-electron chi connectivity index (χ1n) is 5.08. The minimum absolute atomic E-state index is 0.0493. The Labute approximate surface area is 93.9 Å². The number of hydrogen-bond donors (Lipinski definition) is 0. The van der Waals surface area contributed by atoms with Crippen molar-refractivity contribution in [1.29, 1.82) is 0 Å². The molecule has 5 nitrogen and oxygen atoms in total. The van der Waals surface area contributed by atoms with Crippen LogP contribution in [0.3, 0.4) is 0 Å². The number of imide groups is 1. The second-order valence-electron chi connectivity index (χ2n) is 4.38. The van der Waals surface area contributed by atoms with Crippen molar-refractivity contribution in [3.8, 4) is 0 Å². The minimum atomic E-state index is -0.354. The third-order valence-electron chi connectivity index (χ3n) is 3.13. The molecule has 0 spiro atoms. The molecule has 0 aliphatic carbocycles. The molecule has 1 aromatic heterocycles. The maximum absolute atomic E-state index is 12.1. The Morgan fingerprint density at radius 1 is 1.38 bits per heavy atom. The zero-order valence-electron chi connectivity index (χ0n) is 9.54. The average molecular weight is 220 g/mol. The number of likely N-dealkylation sites (N-methyl/N-ethyl adjacent to an activating group) is 1. The van der Waals surface area contributed by atoms with E-state index in [2.05, 4.69) is 4.98 Å². The number of amides is 3. The van der Waals surface area contributed by atoms with Gasteiger partial charge in [-0.3, -0.25) is 9.78 Å². The molecule has 1 aliphatic heterocycles. The number of pyridine rings is 1. The third kappa shape index (κ3) is 1.32. The molecule has 1 aromatic rings. The van der Waals surface area contributed by atoms with Crippen LogP contribution in [0.15, 0.2) is 24.5 Å². The minimum Gasteiger partial charge on any atom is -0.267 e. The largest absolute Gasteiger partial charge is 0.430 e. The molecule has 1 saturated heterocycles. The van der Waals surface area contributed by atoms with Crippen molar-refractivity contribution < 1.29 is 14.1 Å². The lowest BCUT2D eigenvalue weighted by molar-refractivity contribution is -0.816. The molecular formula is C11H14N3O2+. The highest BCUT2D eigenvalue weighted by Crippen LogP contribution is 2.27. The Bertz CT molecular complexity index is 442.